The number of ether oxygens (including phenoxy) is 1. The number of nitrogens with zero attached hydrogens (tertiary/aromatic N) is 1. The molecule has 1 aromatic rings. The second kappa shape index (κ2) is 7.63. The van der Waals surface area contributed by atoms with Gasteiger partial charge in [-0.3, -0.25) is 4.79 Å². The summed E-state index contributed by atoms with van der Waals surface area (Å²) >= 11 is 0. The van der Waals surface area contributed by atoms with Crippen molar-refractivity contribution in [1.29, 1.82) is 0 Å². The molecule has 1 aromatic carbocycles. The van der Waals surface area contributed by atoms with E-state index >= 15 is 0 Å². The fourth-order valence-electron chi connectivity index (χ4n) is 2.99. The van der Waals surface area contributed by atoms with Gasteiger partial charge in [-0.25, -0.2) is 0 Å². The van der Waals surface area contributed by atoms with E-state index in [1.165, 1.54) is 0 Å². The lowest BCUT2D eigenvalue weighted by Gasteiger charge is -2.19. The molecule has 1 atom stereocenters. The molecule has 0 bridgehead atoms. The maximum absolute atomic E-state index is 12.3. The van der Waals surface area contributed by atoms with Gasteiger partial charge in [0.1, 0.15) is 5.75 Å². The Kier molecular flexibility index (Phi) is 5.83. The Labute approximate surface area is 133 Å². The molecule has 122 valence electrons. The predicted octanol–water partition coefficient (Wildman–Crippen LogP) is 2.57. The topological polar surface area (TPSA) is 41.6 Å². The molecule has 1 amide bonds. The van der Waals surface area contributed by atoms with Crippen LogP contribution in [0, 0.1) is 12.8 Å². The van der Waals surface area contributed by atoms with Crippen LogP contribution in [0.4, 0.5) is 0 Å². The summed E-state index contributed by atoms with van der Waals surface area (Å²) in [5.41, 5.74) is 2.31. The zero-order valence-electron chi connectivity index (χ0n) is 14.2. The van der Waals surface area contributed by atoms with E-state index in [1.54, 1.807) is 0 Å². The number of hydrogen-bond donors (Lipinski definition) is 1. The first-order chi connectivity index (χ1) is 10.5. The second-order valence-corrected chi connectivity index (χ2v) is 6.54. The molecule has 1 heterocycles. The molecule has 1 N–H and O–H groups in total. The molecule has 0 radical (unpaired) electrons. The van der Waals surface area contributed by atoms with Crippen LogP contribution in [0.3, 0.4) is 0 Å². The lowest BCUT2D eigenvalue weighted by Crippen LogP contribution is -2.34. The largest absolute Gasteiger partial charge is 0.483 e. The van der Waals surface area contributed by atoms with Crippen LogP contribution in [-0.4, -0.2) is 44.1 Å². The molecule has 22 heavy (non-hydrogen) atoms. The van der Waals surface area contributed by atoms with Crippen LogP contribution >= 0.6 is 0 Å². The zero-order valence-corrected chi connectivity index (χ0v) is 14.2. The summed E-state index contributed by atoms with van der Waals surface area (Å²) < 4.78 is 5.84. The van der Waals surface area contributed by atoms with Gasteiger partial charge in [0.2, 0.25) is 0 Å². The lowest BCUT2D eigenvalue weighted by atomic mass is 10.0. The fourth-order valence-corrected chi connectivity index (χ4v) is 2.99. The van der Waals surface area contributed by atoms with Crippen molar-refractivity contribution in [2.24, 2.45) is 5.92 Å². The number of likely N-dealkylation sites (tertiary alicyclic amines) is 1. The van der Waals surface area contributed by atoms with Gasteiger partial charge in [-0.15, -0.1) is 0 Å². The minimum atomic E-state index is 0.0924. The third-order valence-electron chi connectivity index (χ3n) is 4.27. The van der Waals surface area contributed by atoms with E-state index in [4.69, 9.17) is 4.74 Å². The molecular weight excluding hydrogens is 276 g/mol. The van der Waals surface area contributed by atoms with Crippen LogP contribution in [0.5, 0.6) is 5.75 Å². The molecule has 1 fully saturated rings. The molecular formula is C18H28N2O2. The molecule has 1 aliphatic heterocycles. The van der Waals surface area contributed by atoms with Crippen LogP contribution < -0.4 is 10.1 Å². The molecule has 0 aromatic heterocycles. The first-order valence-corrected chi connectivity index (χ1v) is 8.17. The van der Waals surface area contributed by atoms with Gasteiger partial charge in [-0.1, -0.05) is 26.0 Å². The van der Waals surface area contributed by atoms with Crippen LogP contribution in [0.25, 0.3) is 0 Å². The maximum Gasteiger partial charge on any atom is 0.260 e. The fraction of sp³-hybridized carbons (Fsp3) is 0.611. The second-order valence-electron chi connectivity index (χ2n) is 6.54. The minimum absolute atomic E-state index is 0.0924. The van der Waals surface area contributed by atoms with Crippen molar-refractivity contribution >= 4 is 5.91 Å². The molecule has 4 heteroatoms. The Hall–Kier alpha value is -1.55. The maximum atomic E-state index is 12.3. The lowest BCUT2D eigenvalue weighted by molar-refractivity contribution is -0.132. The summed E-state index contributed by atoms with van der Waals surface area (Å²) in [7, 11) is 1.96. The SMILES string of the molecule is CNC[C@H]1CCN(C(=O)COc2cc(C)ccc2C(C)C)C1. The smallest absolute Gasteiger partial charge is 0.260 e. The molecule has 1 saturated heterocycles. The van der Waals surface area contributed by atoms with E-state index < -0.39 is 0 Å². The number of carbonyl (C=O) groups excluding carboxylic acids is 1. The molecule has 4 nitrogen and oxygen atoms in total. The van der Waals surface area contributed by atoms with Crippen molar-refractivity contribution in [3.05, 3.63) is 29.3 Å². The Morgan fingerprint density at radius 2 is 2.23 bits per heavy atom. The number of benzene rings is 1. The van der Waals surface area contributed by atoms with E-state index in [1.807, 2.05) is 24.9 Å². The minimum Gasteiger partial charge on any atom is -0.483 e. The number of nitrogens with one attached hydrogen (secondary N) is 1. The molecule has 0 spiro atoms. The first-order valence-electron chi connectivity index (χ1n) is 8.17. The van der Waals surface area contributed by atoms with Gasteiger partial charge in [-0.2, -0.15) is 0 Å². The number of aryl methyl sites for hydroxylation is 1. The number of hydrogen-bond acceptors (Lipinski definition) is 3. The zero-order chi connectivity index (χ0) is 16.1. The van der Waals surface area contributed by atoms with Crippen molar-refractivity contribution < 1.29 is 9.53 Å². The number of rotatable bonds is 6. The average molecular weight is 304 g/mol. The van der Waals surface area contributed by atoms with E-state index in [0.29, 0.717) is 11.8 Å². The van der Waals surface area contributed by atoms with E-state index in [9.17, 15) is 4.79 Å². The Bertz CT molecular complexity index is 514. The number of carbonyl (C=O) groups is 1. The summed E-state index contributed by atoms with van der Waals surface area (Å²) in [4.78, 5) is 14.2. The highest BCUT2D eigenvalue weighted by Gasteiger charge is 2.26. The highest BCUT2D eigenvalue weighted by Crippen LogP contribution is 2.27. The summed E-state index contributed by atoms with van der Waals surface area (Å²) in [6.45, 7) is 9.12. The van der Waals surface area contributed by atoms with Crippen LogP contribution in [0.1, 0.15) is 37.3 Å². The normalized spacial score (nSPS) is 18.0. The van der Waals surface area contributed by atoms with E-state index in [-0.39, 0.29) is 12.5 Å². The van der Waals surface area contributed by atoms with Gasteiger partial charge in [-0.05, 0) is 56.0 Å². The number of amides is 1. The highest BCUT2D eigenvalue weighted by molar-refractivity contribution is 5.78. The standard InChI is InChI=1S/C18H28N2O2/c1-13(2)16-6-5-14(3)9-17(16)22-12-18(21)20-8-7-15(11-20)10-19-4/h5-6,9,13,15,19H,7-8,10-12H2,1-4H3/t15-/m1/s1. The highest BCUT2D eigenvalue weighted by atomic mass is 16.5. The molecule has 1 aliphatic rings. The van der Waals surface area contributed by atoms with Crippen molar-refractivity contribution in [2.45, 2.75) is 33.1 Å². The predicted molar refractivity (Wildman–Crippen MR) is 89.4 cm³/mol. The van der Waals surface area contributed by atoms with Crippen molar-refractivity contribution in [2.75, 3.05) is 33.3 Å². The van der Waals surface area contributed by atoms with Gasteiger partial charge < -0.3 is 15.0 Å². The third-order valence-corrected chi connectivity index (χ3v) is 4.27. The van der Waals surface area contributed by atoms with E-state index in [2.05, 4.69) is 31.3 Å². The summed E-state index contributed by atoms with van der Waals surface area (Å²) in [5, 5.41) is 3.18. The summed E-state index contributed by atoms with van der Waals surface area (Å²) in [5.74, 6) is 1.89. The van der Waals surface area contributed by atoms with Crippen molar-refractivity contribution in [1.82, 2.24) is 10.2 Å². The van der Waals surface area contributed by atoms with Crippen molar-refractivity contribution in [3.8, 4) is 5.75 Å². The quantitative estimate of drug-likeness (QED) is 0.878. The van der Waals surface area contributed by atoms with Gasteiger partial charge in [0.15, 0.2) is 6.61 Å². The van der Waals surface area contributed by atoms with Crippen LogP contribution in [-0.2, 0) is 4.79 Å². The van der Waals surface area contributed by atoms with Crippen molar-refractivity contribution in [3.63, 3.8) is 0 Å². The Morgan fingerprint density at radius 1 is 1.45 bits per heavy atom. The van der Waals surface area contributed by atoms with Gasteiger partial charge in [0.05, 0.1) is 0 Å². The first kappa shape index (κ1) is 16.8. The molecule has 2 rings (SSSR count). The Balaban J connectivity index is 1.93. The van der Waals surface area contributed by atoms with Gasteiger partial charge >= 0.3 is 0 Å². The third kappa shape index (κ3) is 4.23. The molecule has 0 unspecified atom stereocenters. The molecule has 0 aliphatic carbocycles. The summed E-state index contributed by atoms with van der Waals surface area (Å²) in [6.07, 6.45) is 1.08. The monoisotopic (exact) mass is 304 g/mol. The van der Waals surface area contributed by atoms with Crippen LogP contribution in [0.2, 0.25) is 0 Å². The summed E-state index contributed by atoms with van der Waals surface area (Å²) in [6, 6.07) is 6.21. The average Bonchev–Trinajstić information content (AvgIpc) is 2.93. The van der Waals surface area contributed by atoms with Gasteiger partial charge in [0, 0.05) is 13.1 Å². The Morgan fingerprint density at radius 3 is 2.91 bits per heavy atom. The molecule has 0 saturated carbocycles. The van der Waals surface area contributed by atoms with Crippen LogP contribution in [0.15, 0.2) is 18.2 Å². The van der Waals surface area contributed by atoms with E-state index in [0.717, 1.165) is 42.9 Å². The van der Waals surface area contributed by atoms with Gasteiger partial charge in [0.25, 0.3) is 5.91 Å².